The first-order valence-corrected chi connectivity index (χ1v) is 6.59. The fourth-order valence-corrected chi connectivity index (χ4v) is 1.93. The first-order chi connectivity index (χ1) is 6.97. The Labute approximate surface area is 90.7 Å². The standard InChI is InChI=1S/C11H15NO2S/c1-10(9-15(2,13)14)12-8-11-6-4-3-5-7-11/h3-7,9,12H,8H2,1-2H3/b10-9+. The summed E-state index contributed by atoms with van der Waals surface area (Å²) in [7, 11) is -3.05. The Hall–Kier alpha value is -1.29. The van der Waals surface area contributed by atoms with E-state index in [1.165, 1.54) is 11.7 Å². The minimum absolute atomic E-state index is 0.638. The van der Waals surface area contributed by atoms with Crippen molar-refractivity contribution in [3.8, 4) is 0 Å². The smallest absolute Gasteiger partial charge is 0.170 e. The molecule has 4 heteroatoms. The Balaban J connectivity index is 2.56. The van der Waals surface area contributed by atoms with E-state index in [9.17, 15) is 8.42 Å². The third-order valence-electron chi connectivity index (χ3n) is 1.81. The molecular weight excluding hydrogens is 210 g/mol. The minimum atomic E-state index is -3.05. The molecule has 0 radical (unpaired) electrons. The van der Waals surface area contributed by atoms with Crippen molar-refractivity contribution >= 4 is 9.84 Å². The summed E-state index contributed by atoms with van der Waals surface area (Å²) in [5.74, 6) is 0. The van der Waals surface area contributed by atoms with Gasteiger partial charge in [-0.1, -0.05) is 30.3 Å². The molecule has 0 saturated heterocycles. The maximum Gasteiger partial charge on any atom is 0.170 e. The average Bonchev–Trinajstić information content (AvgIpc) is 2.14. The van der Waals surface area contributed by atoms with Crippen LogP contribution in [-0.2, 0) is 16.4 Å². The average molecular weight is 225 g/mol. The summed E-state index contributed by atoms with van der Waals surface area (Å²) in [5, 5.41) is 4.27. The van der Waals surface area contributed by atoms with Gasteiger partial charge in [0.2, 0.25) is 0 Å². The SMILES string of the molecule is C/C(=C\S(C)(=O)=O)NCc1ccccc1. The van der Waals surface area contributed by atoms with Crippen molar-refractivity contribution < 1.29 is 8.42 Å². The van der Waals surface area contributed by atoms with Gasteiger partial charge in [0, 0.05) is 23.9 Å². The summed E-state index contributed by atoms with van der Waals surface area (Å²) in [5.41, 5.74) is 1.78. The first-order valence-electron chi connectivity index (χ1n) is 4.63. The van der Waals surface area contributed by atoms with Crippen molar-refractivity contribution in [2.45, 2.75) is 13.5 Å². The molecule has 0 unspecified atom stereocenters. The van der Waals surface area contributed by atoms with Crippen molar-refractivity contribution in [2.24, 2.45) is 0 Å². The molecule has 0 heterocycles. The van der Waals surface area contributed by atoms with Crippen molar-refractivity contribution in [1.29, 1.82) is 0 Å². The lowest BCUT2D eigenvalue weighted by Crippen LogP contribution is -2.11. The van der Waals surface area contributed by atoms with E-state index in [4.69, 9.17) is 0 Å². The van der Waals surface area contributed by atoms with Crippen LogP contribution in [0.4, 0.5) is 0 Å². The Kier molecular flexibility index (Phi) is 3.91. The monoisotopic (exact) mass is 225 g/mol. The fraction of sp³-hybridized carbons (Fsp3) is 0.273. The Morgan fingerprint density at radius 2 is 1.93 bits per heavy atom. The van der Waals surface area contributed by atoms with Crippen molar-refractivity contribution in [2.75, 3.05) is 6.26 Å². The van der Waals surface area contributed by atoms with Crippen molar-refractivity contribution in [1.82, 2.24) is 5.32 Å². The summed E-state index contributed by atoms with van der Waals surface area (Å²) in [4.78, 5) is 0. The van der Waals surface area contributed by atoms with Crippen molar-refractivity contribution in [3.63, 3.8) is 0 Å². The van der Waals surface area contributed by atoms with E-state index in [2.05, 4.69) is 5.32 Å². The van der Waals surface area contributed by atoms with Crippen LogP contribution in [0.15, 0.2) is 41.4 Å². The predicted molar refractivity (Wildman–Crippen MR) is 61.9 cm³/mol. The molecule has 0 spiro atoms. The predicted octanol–water partition coefficient (Wildman–Crippen LogP) is 1.68. The zero-order valence-corrected chi connectivity index (χ0v) is 9.71. The van der Waals surface area contributed by atoms with Gasteiger partial charge in [-0.25, -0.2) is 8.42 Å². The first kappa shape index (κ1) is 11.8. The van der Waals surface area contributed by atoms with Gasteiger partial charge in [-0.15, -0.1) is 0 Å². The summed E-state index contributed by atoms with van der Waals surface area (Å²) in [6, 6.07) is 9.82. The number of allylic oxidation sites excluding steroid dienone is 1. The third kappa shape index (κ3) is 5.22. The highest BCUT2D eigenvalue weighted by molar-refractivity contribution is 7.93. The molecular formula is C11H15NO2S. The van der Waals surface area contributed by atoms with Gasteiger partial charge in [0.05, 0.1) is 0 Å². The van der Waals surface area contributed by atoms with Gasteiger partial charge < -0.3 is 5.32 Å². The largest absolute Gasteiger partial charge is 0.384 e. The molecule has 1 aromatic rings. The number of benzene rings is 1. The van der Waals surface area contributed by atoms with Crippen LogP contribution >= 0.6 is 0 Å². The van der Waals surface area contributed by atoms with E-state index in [1.54, 1.807) is 6.92 Å². The molecule has 0 aliphatic carbocycles. The van der Waals surface area contributed by atoms with Crippen LogP contribution < -0.4 is 5.32 Å². The highest BCUT2D eigenvalue weighted by atomic mass is 32.2. The van der Waals surface area contributed by atoms with Gasteiger partial charge in [0.15, 0.2) is 9.84 Å². The molecule has 0 fully saturated rings. The molecule has 0 aliphatic rings. The lowest BCUT2D eigenvalue weighted by molar-refractivity contribution is 0.609. The molecule has 15 heavy (non-hydrogen) atoms. The normalized spacial score (nSPS) is 12.5. The topological polar surface area (TPSA) is 46.2 Å². The van der Waals surface area contributed by atoms with E-state index in [0.29, 0.717) is 12.2 Å². The lowest BCUT2D eigenvalue weighted by atomic mass is 10.2. The van der Waals surface area contributed by atoms with Crippen LogP contribution in [0.5, 0.6) is 0 Å². The maximum atomic E-state index is 10.9. The van der Waals surface area contributed by atoms with E-state index in [0.717, 1.165) is 5.56 Å². The highest BCUT2D eigenvalue weighted by Crippen LogP contribution is 2.00. The Morgan fingerprint density at radius 1 is 1.33 bits per heavy atom. The van der Waals surface area contributed by atoms with E-state index >= 15 is 0 Å². The molecule has 82 valence electrons. The zero-order chi connectivity index (χ0) is 11.3. The summed E-state index contributed by atoms with van der Waals surface area (Å²) in [6.45, 7) is 2.38. The number of hydrogen-bond acceptors (Lipinski definition) is 3. The van der Waals surface area contributed by atoms with E-state index in [-0.39, 0.29) is 0 Å². The Morgan fingerprint density at radius 3 is 2.47 bits per heavy atom. The number of nitrogens with one attached hydrogen (secondary N) is 1. The molecule has 1 rings (SSSR count). The fourth-order valence-electron chi connectivity index (χ4n) is 1.20. The maximum absolute atomic E-state index is 10.9. The molecule has 1 N–H and O–H groups in total. The minimum Gasteiger partial charge on any atom is -0.384 e. The zero-order valence-electron chi connectivity index (χ0n) is 8.90. The molecule has 0 atom stereocenters. The quantitative estimate of drug-likeness (QED) is 0.848. The number of rotatable bonds is 4. The van der Waals surface area contributed by atoms with Gasteiger partial charge >= 0.3 is 0 Å². The van der Waals surface area contributed by atoms with Crippen LogP contribution in [0.3, 0.4) is 0 Å². The second kappa shape index (κ2) is 4.98. The third-order valence-corrected chi connectivity index (χ3v) is 2.59. The van der Waals surface area contributed by atoms with Gasteiger partial charge in [0.25, 0.3) is 0 Å². The van der Waals surface area contributed by atoms with Crippen LogP contribution in [0, 0.1) is 0 Å². The highest BCUT2D eigenvalue weighted by Gasteiger charge is 1.97. The van der Waals surface area contributed by atoms with Crippen LogP contribution in [0.2, 0.25) is 0 Å². The molecule has 3 nitrogen and oxygen atoms in total. The van der Waals surface area contributed by atoms with Crippen LogP contribution in [-0.4, -0.2) is 14.7 Å². The van der Waals surface area contributed by atoms with Gasteiger partial charge in [-0.2, -0.15) is 0 Å². The second-order valence-electron chi connectivity index (χ2n) is 3.47. The van der Waals surface area contributed by atoms with E-state index in [1.807, 2.05) is 30.3 Å². The number of hydrogen-bond donors (Lipinski definition) is 1. The Bertz CT molecular complexity index is 435. The van der Waals surface area contributed by atoms with Gasteiger partial charge in [-0.3, -0.25) is 0 Å². The van der Waals surface area contributed by atoms with Crippen molar-refractivity contribution in [3.05, 3.63) is 47.0 Å². The lowest BCUT2D eigenvalue weighted by Gasteiger charge is -2.05. The van der Waals surface area contributed by atoms with Gasteiger partial charge in [0.1, 0.15) is 0 Å². The molecule has 0 aliphatic heterocycles. The molecule has 0 saturated carbocycles. The van der Waals surface area contributed by atoms with Crippen LogP contribution in [0.1, 0.15) is 12.5 Å². The van der Waals surface area contributed by atoms with E-state index < -0.39 is 9.84 Å². The summed E-state index contributed by atoms with van der Waals surface area (Å²) < 4.78 is 21.9. The summed E-state index contributed by atoms with van der Waals surface area (Å²) >= 11 is 0. The molecule has 0 aromatic heterocycles. The second-order valence-corrected chi connectivity index (χ2v) is 5.36. The molecule has 0 bridgehead atoms. The summed E-state index contributed by atoms with van der Waals surface area (Å²) in [6.07, 6.45) is 1.18. The number of sulfone groups is 1. The van der Waals surface area contributed by atoms with Crippen LogP contribution in [0.25, 0.3) is 0 Å². The van der Waals surface area contributed by atoms with Gasteiger partial charge in [-0.05, 0) is 12.5 Å². The molecule has 1 aromatic carbocycles. The molecule has 0 amide bonds.